The third-order valence-electron chi connectivity index (χ3n) is 7.92. The van der Waals surface area contributed by atoms with E-state index in [1.165, 1.54) is 25.1 Å². The molecule has 3 aliphatic carbocycles. The van der Waals surface area contributed by atoms with Crippen LogP contribution in [-0.2, 0) is 32.1 Å². The highest BCUT2D eigenvalue weighted by molar-refractivity contribution is 6.32. The Morgan fingerprint density at radius 3 is 2.42 bits per heavy atom. The molecule has 0 aliphatic heterocycles. The summed E-state index contributed by atoms with van der Waals surface area (Å²) in [6, 6.07) is 1.82. The highest BCUT2D eigenvalue weighted by atomic mass is 19.4. The van der Waals surface area contributed by atoms with Crippen molar-refractivity contribution in [2.75, 3.05) is 20.6 Å². The standard InChI is InChI=1S/C25H28F3N3O7/c1-31(2)17-13-8-12-7-10-3-4-11(9-30-6-5-24(26,27)28)18(32)14(10)19(33)15(12)21(35)25(13,38)22(36)16(20(17)34)23(29)37/h3-4,12-13,15-17,30,32,38H,5-9H2,1-2H3,(H2,29,37)/t12-,13-,15?,16?,17+,25-/m0/s1. The fraction of sp³-hybridized carbons (Fsp3) is 0.560. The summed E-state index contributed by atoms with van der Waals surface area (Å²) in [6.45, 7) is -0.595. The summed E-state index contributed by atoms with van der Waals surface area (Å²) >= 11 is 0. The van der Waals surface area contributed by atoms with Gasteiger partial charge in [0.05, 0.1) is 23.9 Å². The molecule has 1 aromatic carbocycles. The van der Waals surface area contributed by atoms with E-state index in [9.17, 15) is 47.4 Å². The maximum atomic E-state index is 13.7. The van der Waals surface area contributed by atoms with Crippen molar-refractivity contribution in [3.05, 3.63) is 28.8 Å². The van der Waals surface area contributed by atoms with Crippen LogP contribution in [-0.4, -0.2) is 82.6 Å². The van der Waals surface area contributed by atoms with E-state index < -0.39 is 89.2 Å². The first kappa shape index (κ1) is 27.9. The van der Waals surface area contributed by atoms with E-state index in [-0.39, 0.29) is 30.5 Å². The molecule has 2 unspecified atom stereocenters. The number of nitrogens with two attached hydrogens (primary N) is 1. The number of primary amides is 1. The van der Waals surface area contributed by atoms with Gasteiger partial charge in [0.2, 0.25) is 5.91 Å². The zero-order chi connectivity index (χ0) is 28.3. The van der Waals surface area contributed by atoms with Crippen LogP contribution in [0.25, 0.3) is 0 Å². The first-order chi connectivity index (χ1) is 17.6. The molecule has 3 aliphatic rings. The number of nitrogens with one attached hydrogen (secondary N) is 1. The molecular weight excluding hydrogens is 511 g/mol. The number of hydrogen-bond acceptors (Lipinski definition) is 9. The fourth-order valence-corrected chi connectivity index (χ4v) is 6.22. The Morgan fingerprint density at radius 2 is 1.84 bits per heavy atom. The van der Waals surface area contributed by atoms with Gasteiger partial charge in [-0.15, -0.1) is 0 Å². The van der Waals surface area contributed by atoms with Crippen LogP contribution in [0.3, 0.4) is 0 Å². The lowest BCUT2D eigenvalue weighted by Crippen LogP contribution is -2.74. The molecule has 0 aromatic heterocycles. The number of fused-ring (bicyclic) bond motifs is 3. The molecule has 6 atom stereocenters. The number of halogens is 3. The lowest BCUT2D eigenvalue weighted by Gasteiger charge is -2.52. The fourth-order valence-electron chi connectivity index (χ4n) is 6.22. The number of nitrogens with zero attached hydrogens (tertiary/aromatic N) is 1. The summed E-state index contributed by atoms with van der Waals surface area (Å²) in [5.74, 6) is -11.5. The van der Waals surface area contributed by atoms with Crippen LogP contribution in [0.2, 0.25) is 0 Å². The predicted molar refractivity (Wildman–Crippen MR) is 124 cm³/mol. The second-order valence-corrected chi connectivity index (χ2v) is 10.4. The average molecular weight is 540 g/mol. The third kappa shape index (κ3) is 4.31. The number of carbonyl (C=O) groups is 5. The second kappa shape index (κ2) is 9.54. The number of carbonyl (C=O) groups excluding carboxylic acids is 5. The van der Waals surface area contributed by atoms with Crippen molar-refractivity contribution < 1.29 is 47.4 Å². The van der Waals surface area contributed by atoms with Crippen molar-refractivity contribution in [1.29, 1.82) is 0 Å². The number of ketones is 4. The Balaban J connectivity index is 1.69. The van der Waals surface area contributed by atoms with E-state index in [2.05, 4.69) is 5.32 Å². The number of likely N-dealkylation sites (N-methyl/N-ethyl adjacent to an activating group) is 1. The summed E-state index contributed by atoms with van der Waals surface area (Å²) in [6.07, 6.45) is -5.41. The van der Waals surface area contributed by atoms with Gasteiger partial charge < -0.3 is 21.3 Å². The van der Waals surface area contributed by atoms with Crippen LogP contribution >= 0.6 is 0 Å². The number of phenols is 1. The number of amides is 1. The summed E-state index contributed by atoms with van der Waals surface area (Å²) in [4.78, 5) is 66.9. The number of alkyl halides is 3. The minimum absolute atomic E-state index is 0.0641. The summed E-state index contributed by atoms with van der Waals surface area (Å²) in [7, 11) is 2.99. The molecule has 1 aromatic rings. The Morgan fingerprint density at radius 1 is 1.18 bits per heavy atom. The molecular formula is C25H28F3N3O7. The summed E-state index contributed by atoms with van der Waals surface area (Å²) in [5, 5.41) is 24.9. The van der Waals surface area contributed by atoms with E-state index >= 15 is 0 Å². The molecule has 0 heterocycles. The van der Waals surface area contributed by atoms with Crippen LogP contribution in [0, 0.1) is 23.7 Å². The number of hydrogen-bond donors (Lipinski definition) is 4. The Hall–Kier alpha value is -3.16. The molecule has 2 saturated carbocycles. The van der Waals surface area contributed by atoms with Gasteiger partial charge in [-0.25, -0.2) is 0 Å². The molecule has 4 rings (SSSR count). The van der Waals surface area contributed by atoms with Gasteiger partial charge in [0.25, 0.3) is 0 Å². The van der Waals surface area contributed by atoms with Crippen LogP contribution in [0.15, 0.2) is 12.1 Å². The summed E-state index contributed by atoms with van der Waals surface area (Å²) < 4.78 is 37.2. The minimum Gasteiger partial charge on any atom is -0.507 e. The van der Waals surface area contributed by atoms with E-state index in [0.29, 0.717) is 5.56 Å². The lowest BCUT2D eigenvalue weighted by atomic mass is 9.52. The SMILES string of the molecule is CN(C)[C@H]1C(=O)C(C(N)=O)C(=O)[C@@]2(O)C(=O)C3C(=O)c4c(ccc(CNCCC(F)(F)F)c4O)C[C@H]3C[C@@H]12. The van der Waals surface area contributed by atoms with Gasteiger partial charge in [0.15, 0.2) is 34.7 Å². The van der Waals surface area contributed by atoms with Gasteiger partial charge in [-0.3, -0.25) is 28.9 Å². The van der Waals surface area contributed by atoms with Gasteiger partial charge in [-0.05, 0) is 38.4 Å². The van der Waals surface area contributed by atoms with Crippen molar-refractivity contribution in [1.82, 2.24) is 10.2 Å². The smallest absolute Gasteiger partial charge is 0.390 e. The van der Waals surface area contributed by atoms with Crippen molar-refractivity contribution >= 4 is 29.0 Å². The van der Waals surface area contributed by atoms with Crippen molar-refractivity contribution in [3.63, 3.8) is 0 Å². The van der Waals surface area contributed by atoms with Gasteiger partial charge in [0, 0.05) is 24.6 Å². The Bertz CT molecular complexity index is 1230. The molecule has 0 bridgehead atoms. The topological polar surface area (TPSA) is 167 Å². The van der Waals surface area contributed by atoms with Crippen LogP contribution in [0.4, 0.5) is 13.2 Å². The van der Waals surface area contributed by atoms with Gasteiger partial charge in [-0.1, -0.05) is 12.1 Å². The van der Waals surface area contributed by atoms with Crippen LogP contribution in [0.5, 0.6) is 5.75 Å². The molecule has 1 amide bonds. The zero-order valence-corrected chi connectivity index (χ0v) is 20.7. The van der Waals surface area contributed by atoms with Crippen LogP contribution in [0.1, 0.15) is 34.3 Å². The van der Waals surface area contributed by atoms with Gasteiger partial charge >= 0.3 is 6.18 Å². The second-order valence-electron chi connectivity index (χ2n) is 10.4. The Labute approximate surface area is 215 Å². The number of aliphatic hydroxyl groups is 1. The van der Waals surface area contributed by atoms with Gasteiger partial charge in [-0.2, -0.15) is 13.2 Å². The average Bonchev–Trinajstić information content (AvgIpc) is 2.79. The van der Waals surface area contributed by atoms with E-state index in [1.807, 2.05) is 0 Å². The number of rotatable bonds is 6. The normalized spacial score (nSPS) is 31.2. The number of phenolic OH excluding ortho intramolecular Hbond substituents is 1. The highest BCUT2D eigenvalue weighted by Gasteiger charge is 2.69. The monoisotopic (exact) mass is 539 g/mol. The highest BCUT2D eigenvalue weighted by Crippen LogP contribution is 2.50. The van der Waals surface area contributed by atoms with Crippen molar-refractivity contribution in [3.8, 4) is 5.75 Å². The quantitative estimate of drug-likeness (QED) is 0.285. The molecule has 5 N–H and O–H groups in total. The van der Waals surface area contributed by atoms with Gasteiger partial charge in [0.1, 0.15) is 5.75 Å². The molecule has 0 saturated heterocycles. The largest absolute Gasteiger partial charge is 0.507 e. The molecule has 206 valence electrons. The first-order valence-electron chi connectivity index (χ1n) is 12.1. The molecule has 10 nitrogen and oxygen atoms in total. The molecule has 0 radical (unpaired) electrons. The van der Waals surface area contributed by atoms with Crippen molar-refractivity contribution in [2.45, 2.75) is 43.6 Å². The molecule has 0 spiro atoms. The first-order valence-corrected chi connectivity index (χ1v) is 12.1. The van der Waals surface area contributed by atoms with Crippen molar-refractivity contribution in [2.24, 2.45) is 29.4 Å². The van der Waals surface area contributed by atoms with Crippen LogP contribution < -0.4 is 11.1 Å². The number of Topliss-reactive ketones (excluding diaryl/α,β-unsaturated/α-hetero) is 4. The maximum Gasteiger partial charge on any atom is 0.390 e. The van der Waals surface area contributed by atoms with E-state index in [0.717, 1.165) is 0 Å². The third-order valence-corrected chi connectivity index (χ3v) is 7.92. The lowest BCUT2D eigenvalue weighted by molar-refractivity contribution is -0.181. The zero-order valence-electron chi connectivity index (χ0n) is 20.7. The van der Waals surface area contributed by atoms with E-state index in [1.54, 1.807) is 6.07 Å². The molecule has 2 fully saturated rings. The molecule has 38 heavy (non-hydrogen) atoms. The maximum absolute atomic E-state index is 13.7. The number of aromatic hydroxyl groups is 1. The predicted octanol–water partition coefficient (Wildman–Crippen LogP) is -0.0910. The number of benzene rings is 1. The van der Waals surface area contributed by atoms with E-state index in [4.69, 9.17) is 5.73 Å². The Kier molecular flexibility index (Phi) is 7.00. The minimum atomic E-state index is -4.37. The summed E-state index contributed by atoms with van der Waals surface area (Å²) in [5.41, 5.74) is 2.80. The molecule has 13 heteroatoms.